The Morgan fingerprint density at radius 2 is 2.05 bits per heavy atom. The summed E-state index contributed by atoms with van der Waals surface area (Å²) in [7, 11) is -3.96. The first-order chi connectivity index (χ1) is 10.0. The number of nitrogens with one attached hydrogen (secondary N) is 1. The summed E-state index contributed by atoms with van der Waals surface area (Å²) in [5, 5.41) is 0. The normalized spacial score (nSPS) is 10.6. The number of nitrogens with zero attached hydrogens (tertiary/aromatic N) is 1. The van der Waals surface area contributed by atoms with Crippen molar-refractivity contribution < 1.29 is 12.8 Å². The van der Waals surface area contributed by atoms with Crippen LogP contribution in [0.15, 0.2) is 47.6 Å². The maximum absolute atomic E-state index is 13.5. The van der Waals surface area contributed by atoms with Gasteiger partial charge in [-0.3, -0.25) is 9.71 Å². The van der Waals surface area contributed by atoms with Gasteiger partial charge in [0, 0.05) is 11.8 Å². The fourth-order valence-electron chi connectivity index (χ4n) is 1.61. The zero-order chi connectivity index (χ0) is 15.3. The smallest absolute Gasteiger partial charge is 0.263 e. The molecule has 2 rings (SSSR count). The number of benzene rings is 1. The van der Waals surface area contributed by atoms with Gasteiger partial charge in [0.1, 0.15) is 4.90 Å². The highest BCUT2D eigenvalue weighted by atomic mass is 32.2. The molecular weight excluding hydrogens is 293 g/mol. The van der Waals surface area contributed by atoms with E-state index in [0.717, 1.165) is 6.20 Å². The van der Waals surface area contributed by atoms with Crippen LogP contribution in [0.3, 0.4) is 0 Å². The van der Waals surface area contributed by atoms with Crippen molar-refractivity contribution in [1.82, 2.24) is 4.98 Å². The minimum Gasteiger partial charge on any atom is -0.320 e. The zero-order valence-corrected chi connectivity index (χ0v) is 11.7. The Labute approximate surface area is 122 Å². The first-order valence-corrected chi connectivity index (χ1v) is 7.43. The Kier molecular flexibility index (Phi) is 4.52. The highest BCUT2D eigenvalue weighted by Gasteiger charge is 2.19. The molecule has 0 aliphatic carbocycles. The third-order valence-electron chi connectivity index (χ3n) is 2.52. The lowest BCUT2D eigenvalue weighted by Gasteiger charge is -2.10. The molecule has 5 nitrogen and oxygen atoms in total. The van der Waals surface area contributed by atoms with Gasteiger partial charge < -0.3 is 5.73 Å². The maximum Gasteiger partial charge on any atom is 0.263 e. The average molecular weight is 305 g/mol. The number of hydrogen-bond donors (Lipinski definition) is 2. The molecule has 0 spiro atoms. The van der Waals surface area contributed by atoms with Crippen molar-refractivity contribution in [2.45, 2.75) is 4.90 Å². The predicted molar refractivity (Wildman–Crippen MR) is 77.4 cm³/mol. The Balaban J connectivity index is 2.43. The molecule has 1 heterocycles. The number of rotatable bonds is 3. The minimum absolute atomic E-state index is 0.0397. The van der Waals surface area contributed by atoms with Crippen molar-refractivity contribution >= 4 is 15.7 Å². The molecule has 0 unspecified atom stereocenters. The van der Waals surface area contributed by atoms with E-state index in [1.165, 1.54) is 18.3 Å². The molecule has 108 valence electrons. The monoisotopic (exact) mass is 305 g/mol. The van der Waals surface area contributed by atoms with Gasteiger partial charge in [-0.2, -0.15) is 0 Å². The summed E-state index contributed by atoms with van der Waals surface area (Å²) in [4.78, 5) is 3.52. The molecule has 0 atom stereocenters. The van der Waals surface area contributed by atoms with Gasteiger partial charge in [-0.25, -0.2) is 12.8 Å². The van der Waals surface area contributed by atoms with E-state index in [0.29, 0.717) is 5.56 Å². The van der Waals surface area contributed by atoms with E-state index in [1.807, 2.05) is 0 Å². The standard InChI is InChI=1S/C14H12FN3O2S/c15-12-10-17-9-7-13(12)18-21(19,20)14-6-2-1-4-11(14)5-3-8-16/h1-2,4,6-7,9-10H,8,16H2,(H,17,18). The lowest BCUT2D eigenvalue weighted by molar-refractivity contribution is 0.597. The maximum atomic E-state index is 13.5. The molecule has 0 amide bonds. The van der Waals surface area contributed by atoms with Gasteiger partial charge in [-0.05, 0) is 18.2 Å². The Hall–Kier alpha value is -2.43. The van der Waals surface area contributed by atoms with Crippen LogP contribution in [-0.4, -0.2) is 19.9 Å². The van der Waals surface area contributed by atoms with Gasteiger partial charge in [0.05, 0.1) is 18.4 Å². The van der Waals surface area contributed by atoms with Crippen LogP contribution in [-0.2, 0) is 10.0 Å². The van der Waals surface area contributed by atoms with Crippen LogP contribution in [0.25, 0.3) is 0 Å². The van der Waals surface area contributed by atoms with Crippen LogP contribution in [0.2, 0.25) is 0 Å². The van der Waals surface area contributed by atoms with Crippen molar-refractivity contribution in [3.05, 3.63) is 54.1 Å². The van der Waals surface area contributed by atoms with Crippen molar-refractivity contribution in [3.8, 4) is 11.8 Å². The number of pyridine rings is 1. The lowest BCUT2D eigenvalue weighted by Crippen LogP contribution is -2.15. The highest BCUT2D eigenvalue weighted by molar-refractivity contribution is 7.92. The first-order valence-electron chi connectivity index (χ1n) is 5.95. The highest BCUT2D eigenvalue weighted by Crippen LogP contribution is 2.20. The molecule has 0 aliphatic heterocycles. The molecule has 0 radical (unpaired) electrons. The lowest BCUT2D eigenvalue weighted by atomic mass is 10.2. The molecule has 2 aromatic rings. The summed E-state index contributed by atoms with van der Waals surface area (Å²) >= 11 is 0. The summed E-state index contributed by atoms with van der Waals surface area (Å²) in [5.41, 5.74) is 5.41. The van der Waals surface area contributed by atoms with Crippen LogP contribution < -0.4 is 10.5 Å². The van der Waals surface area contributed by atoms with Crippen LogP contribution in [0.5, 0.6) is 0 Å². The number of nitrogens with two attached hydrogens (primary N) is 1. The second-order valence-electron chi connectivity index (χ2n) is 3.96. The molecule has 0 aliphatic rings. The number of hydrogen-bond acceptors (Lipinski definition) is 4. The van der Waals surface area contributed by atoms with E-state index in [1.54, 1.807) is 18.2 Å². The fourth-order valence-corrected chi connectivity index (χ4v) is 2.84. The molecule has 0 bridgehead atoms. The number of anilines is 1. The average Bonchev–Trinajstić information content (AvgIpc) is 2.47. The quantitative estimate of drug-likeness (QED) is 0.838. The molecule has 7 heteroatoms. The summed E-state index contributed by atoms with van der Waals surface area (Å²) in [6, 6.07) is 7.40. The predicted octanol–water partition coefficient (Wildman–Crippen LogP) is 1.33. The Bertz CT molecular complexity index is 810. The van der Waals surface area contributed by atoms with Crippen LogP contribution in [0.4, 0.5) is 10.1 Å². The van der Waals surface area contributed by atoms with Gasteiger partial charge in [0.15, 0.2) is 5.82 Å². The second-order valence-corrected chi connectivity index (χ2v) is 5.61. The molecule has 0 saturated heterocycles. The van der Waals surface area contributed by atoms with E-state index >= 15 is 0 Å². The van der Waals surface area contributed by atoms with Gasteiger partial charge in [-0.15, -0.1) is 0 Å². The van der Waals surface area contributed by atoms with E-state index in [4.69, 9.17) is 5.73 Å². The first kappa shape index (κ1) is 15.0. The van der Waals surface area contributed by atoms with E-state index in [-0.39, 0.29) is 17.1 Å². The van der Waals surface area contributed by atoms with Crippen molar-refractivity contribution in [2.24, 2.45) is 5.73 Å². The molecule has 3 N–H and O–H groups in total. The summed E-state index contributed by atoms with van der Waals surface area (Å²) in [6.45, 7) is 0.112. The topological polar surface area (TPSA) is 85.1 Å². The van der Waals surface area contributed by atoms with E-state index in [9.17, 15) is 12.8 Å². The third kappa shape index (κ3) is 3.56. The number of halogens is 1. The summed E-state index contributed by atoms with van der Waals surface area (Å²) < 4.78 is 40.4. The third-order valence-corrected chi connectivity index (χ3v) is 3.94. The van der Waals surface area contributed by atoms with Gasteiger partial charge in [0.25, 0.3) is 10.0 Å². The van der Waals surface area contributed by atoms with Crippen LogP contribution >= 0.6 is 0 Å². The summed E-state index contributed by atoms with van der Waals surface area (Å²) in [6.07, 6.45) is 2.22. The van der Waals surface area contributed by atoms with E-state index < -0.39 is 15.8 Å². The van der Waals surface area contributed by atoms with Crippen molar-refractivity contribution in [1.29, 1.82) is 0 Å². The van der Waals surface area contributed by atoms with Gasteiger partial charge in [-0.1, -0.05) is 24.0 Å². The molecule has 0 saturated carbocycles. The molecule has 0 fully saturated rings. The minimum atomic E-state index is -3.96. The Morgan fingerprint density at radius 1 is 1.29 bits per heavy atom. The van der Waals surface area contributed by atoms with E-state index in [2.05, 4.69) is 21.5 Å². The number of sulfonamides is 1. The SMILES string of the molecule is NCC#Cc1ccccc1S(=O)(=O)Nc1ccncc1F. The van der Waals surface area contributed by atoms with Crippen LogP contribution in [0.1, 0.15) is 5.56 Å². The fraction of sp³-hybridized carbons (Fsp3) is 0.0714. The van der Waals surface area contributed by atoms with Gasteiger partial charge >= 0.3 is 0 Å². The largest absolute Gasteiger partial charge is 0.320 e. The van der Waals surface area contributed by atoms with Crippen LogP contribution in [0, 0.1) is 17.7 Å². The van der Waals surface area contributed by atoms with Crippen molar-refractivity contribution in [2.75, 3.05) is 11.3 Å². The Morgan fingerprint density at radius 3 is 2.76 bits per heavy atom. The molecular formula is C14H12FN3O2S. The molecule has 21 heavy (non-hydrogen) atoms. The summed E-state index contributed by atoms with van der Waals surface area (Å²) in [5.74, 6) is 4.52. The number of aromatic nitrogens is 1. The zero-order valence-electron chi connectivity index (χ0n) is 10.9. The molecule has 1 aromatic heterocycles. The second kappa shape index (κ2) is 6.35. The molecule has 1 aromatic carbocycles. The van der Waals surface area contributed by atoms with Crippen molar-refractivity contribution in [3.63, 3.8) is 0 Å². The van der Waals surface area contributed by atoms with Gasteiger partial charge in [0.2, 0.25) is 0 Å².